The van der Waals surface area contributed by atoms with Crippen molar-refractivity contribution in [3.8, 4) is 0 Å². The Hall–Kier alpha value is -2.18. The van der Waals surface area contributed by atoms with E-state index >= 15 is 0 Å². The van der Waals surface area contributed by atoms with Gasteiger partial charge in [0.25, 0.3) is 5.70 Å². The van der Waals surface area contributed by atoms with Crippen molar-refractivity contribution in [1.29, 1.82) is 0 Å². The Morgan fingerprint density at radius 1 is 1.62 bits per heavy atom. The van der Waals surface area contributed by atoms with Crippen molar-refractivity contribution in [3.63, 3.8) is 0 Å². The van der Waals surface area contributed by atoms with Crippen molar-refractivity contribution in [3.05, 3.63) is 33.5 Å². The topological polar surface area (TPSA) is 110 Å². The number of amides is 1. The summed E-state index contributed by atoms with van der Waals surface area (Å²) < 4.78 is 0. The molecule has 0 aromatic heterocycles. The van der Waals surface area contributed by atoms with Crippen molar-refractivity contribution < 1.29 is 19.6 Å². The van der Waals surface area contributed by atoms with Gasteiger partial charge in [0.2, 0.25) is 5.91 Å². The van der Waals surface area contributed by atoms with Crippen LogP contribution in [0.4, 0.5) is 0 Å². The minimum absolute atomic E-state index is 0.0479. The van der Waals surface area contributed by atoms with E-state index in [1.165, 1.54) is 13.0 Å². The van der Waals surface area contributed by atoms with E-state index in [1.54, 1.807) is 0 Å². The van der Waals surface area contributed by atoms with Crippen molar-refractivity contribution in [1.82, 2.24) is 5.32 Å². The fourth-order valence-corrected chi connectivity index (χ4v) is 1.40. The molecule has 0 fully saturated rings. The van der Waals surface area contributed by atoms with Gasteiger partial charge in [0.1, 0.15) is 0 Å². The molecule has 0 radical (unpaired) electrons. The summed E-state index contributed by atoms with van der Waals surface area (Å²) in [5.74, 6) is -1.58. The van der Waals surface area contributed by atoms with Gasteiger partial charge in [-0.2, -0.15) is 0 Å². The Bertz CT molecular complexity index is 410. The third-order valence-corrected chi connectivity index (χ3v) is 2.01. The third-order valence-electron chi connectivity index (χ3n) is 2.01. The summed E-state index contributed by atoms with van der Waals surface area (Å²) in [6.45, 7) is 1.26. The molecule has 86 valence electrons. The highest BCUT2D eigenvalue weighted by Gasteiger charge is 2.25. The Kier molecular flexibility index (Phi) is 3.39. The van der Waals surface area contributed by atoms with Crippen LogP contribution >= 0.6 is 0 Å². The van der Waals surface area contributed by atoms with Crippen molar-refractivity contribution >= 4 is 11.9 Å². The normalized spacial score (nSPS) is 19.4. The number of aliphatic carboxylic acids is 1. The van der Waals surface area contributed by atoms with Crippen LogP contribution in [0, 0.1) is 10.1 Å². The van der Waals surface area contributed by atoms with Crippen LogP contribution in [-0.2, 0) is 9.59 Å². The first-order chi connectivity index (χ1) is 7.40. The number of rotatable bonds is 3. The molecule has 0 heterocycles. The van der Waals surface area contributed by atoms with Crippen LogP contribution in [-0.4, -0.2) is 27.9 Å². The molecule has 0 aliphatic heterocycles. The summed E-state index contributed by atoms with van der Waals surface area (Å²) in [6.07, 6.45) is 2.28. The number of carboxylic acids is 1. The standard InChI is InChI=1S/C9H10N2O5/c1-5(12)10-7-2-6(9(13)14)3-8(4-7)11(15)16/h3-4,7H,2H2,1H3,(H,10,12)(H,13,14). The Morgan fingerprint density at radius 2 is 2.25 bits per heavy atom. The van der Waals surface area contributed by atoms with E-state index in [4.69, 9.17) is 5.11 Å². The predicted octanol–water partition coefficient (Wildman–Crippen LogP) is 0.0664. The lowest BCUT2D eigenvalue weighted by molar-refractivity contribution is -0.419. The molecule has 1 rings (SSSR count). The summed E-state index contributed by atoms with van der Waals surface area (Å²) in [5.41, 5.74) is -0.407. The largest absolute Gasteiger partial charge is 0.478 e. The maximum atomic E-state index is 10.8. The van der Waals surface area contributed by atoms with E-state index in [2.05, 4.69) is 5.32 Å². The van der Waals surface area contributed by atoms with Gasteiger partial charge in [-0.15, -0.1) is 0 Å². The molecule has 1 unspecified atom stereocenters. The number of hydrogen-bond acceptors (Lipinski definition) is 4. The summed E-state index contributed by atoms with van der Waals surface area (Å²) >= 11 is 0. The summed E-state index contributed by atoms with van der Waals surface area (Å²) in [6, 6.07) is -0.644. The zero-order valence-electron chi connectivity index (χ0n) is 8.47. The van der Waals surface area contributed by atoms with Crippen LogP contribution in [0.5, 0.6) is 0 Å². The second-order valence-electron chi connectivity index (χ2n) is 3.33. The van der Waals surface area contributed by atoms with E-state index < -0.39 is 16.9 Å². The predicted molar refractivity (Wildman–Crippen MR) is 53.0 cm³/mol. The number of allylic oxidation sites excluding steroid dienone is 1. The highest BCUT2D eigenvalue weighted by molar-refractivity contribution is 5.88. The van der Waals surface area contributed by atoms with E-state index in [0.717, 1.165) is 6.08 Å². The highest BCUT2D eigenvalue weighted by atomic mass is 16.6. The Morgan fingerprint density at radius 3 is 2.69 bits per heavy atom. The third kappa shape index (κ3) is 2.91. The lowest BCUT2D eigenvalue weighted by Gasteiger charge is -2.17. The molecule has 1 atom stereocenters. The van der Waals surface area contributed by atoms with Gasteiger partial charge in [-0.05, 0) is 0 Å². The molecular formula is C9H10N2O5. The first-order valence-electron chi connectivity index (χ1n) is 4.47. The zero-order chi connectivity index (χ0) is 12.3. The maximum Gasteiger partial charge on any atom is 0.331 e. The van der Waals surface area contributed by atoms with E-state index in [0.29, 0.717) is 0 Å². The van der Waals surface area contributed by atoms with Crippen LogP contribution in [0.2, 0.25) is 0 Å². The Balaban J connectivity index is 2.95. The van der Waals surface area contributed by atoms with E-state index in [9.17, 15) is 19.7 Å². The minimum Gasteiger partial charge on any atom is -0.478 e. The molecule has 1 aliphatic rings. The number of nitrogens with one attached hydrogen (secondary N) is 1. The second kappa shape index (κ2) is 4.56. The molecule has 7 nitrogen and oxygen atoms in total. The van der Waals surface area contributed by atoms with Crippen LogP contribution < -0.4 is 5.32 Å². The van der Waals surface area contributed by atoms with E-state index in [-0.39, 0.29) is 23.6 Å². The molecule has 2 N–H and O–H groups in total. The number of nitrogens with zero attached hydrogens (tertiary/aromatic N) is 1. The number of carbonyl (C=O) groups excluding carboxylic acids is 1. The molecule has 0 saturated carbocycles. The van der Waals surface area contributed by atoms with Gasteiger partial charge in [-0.1, -0.05) is 0 Å². The molecule has 0 saturated heterocycles. The fraction of sp³-hybridized carbons (Fsp3) is 0.333. The Labute approximate surface area is 90.6 Å². The number of nitro groups is 1. The van der Waals surface area contributed by atoms with Gasteiger partial charge in [-0.25, -0.2) is 4.79 Å². The molecule has 0 bridgehead atoms. The van der Waals surface area contributed by atoms with Gasteiger partial charge in [0.15, 0.2) is 0 Å². The molecule has 7 heteroatoms. The molecule has 0 aromatic carbocycles. The average Bonchev–Trinajstić information content (AvgIpc) is 2.15. The number of carbonyl (C=O) groups is 2. The van der Waals surface area contributed by atoms with Crippen LogP contribution in [0.1, 0.15) is 13.3 Å². The minimum atomic E-state index is -1.22. The number of carboxylic acid groups (broad SMARTS) is 1. The highest BCUT2D eigenvalue weighted by Crippen LogP contribution is 2.18. The van der Waals surface area contributed by atoms with Crippen LogP contribution in [0.15, 0.2) is 23.4 Å². The lowest BCUT2D eigenvalue weighted by Crippen LogP contribution is -2.34. The SMILES string of the molecule is CC(=O)NC1C=C([N+](=O)[O-])C=C(C(=O)O)C1. The average molecular weight is 226 g/mol. The zero-order valence-corrected chi connectivity index (χ0v) is 8.47. The van der Waals surface area contributed by atoms with E-state index in [1.807, 2.05) is 0 Å². The van der Waals surface area contributed by atoms with Gasteiger partial charge in [-0.3, -0.25) is 14.9 Å². The summed E-state index contributed by atoms with van der Waals surface area (Å²) in [7, 11) is 0. The van der Waals surface area contributed by atoms with Gasteiger partial charge in [0.05, 0.1) is 11.0 Å². The second-order valence-corrected chi connectivity index (χ2v) is 3.33. The summed E-state index contributed by atoms with van der Waals surface area (Å²) in [4.78, 5) is 31.4. The van der Waals surface area contributed by atoms with Crippen molar-refractivity contribution in [2.45, 2.75) is 19.4 Å². The molecular weight excluding hydrogens is 216 g/mol. The maximum absolute atomic E-state index is 10.8. The van der Waals surface area contributed by atoms with Gasteiger partial charge >= 0.3 is 5.97 Å². The monoisotopic (exact) mass is 226 g/mol. The van der Waals surface area contributed by atoms with Gasteiger partial charge < -0.3 is 10.4 Å². The smallest absolute Gasteiger partial charge is 0.331 e. The molecule has 1 amide bonds. The lowest BCUT2D eigenvalue weighted by atomic mass is 9.99. The number of hydrogen-bond donors (Lipinski definition) is 2. The quantitative estimate of drug-likeness (QED) is 0.522. The molecule has 16 heavy (non-hydrogen) atoms. The first kappa shape index (κ1) is 11.9. The fourth-order valence-electron chi connectivity index (χ4n) is 1.40. The molecule has 0 spiro atoms. The van der Waals surface area contributed by atoms with Crippen LogP contribution in [0.3, 0.4) is 0 Å². The van der Waals surface area contributed by atoms with Crippen molar-refractivity contribution in [2.24, 2.45) is 0 Å². The van der Waals surface area contributed by atoms with Gasteiger partial charge in [0, 0.05) is 31.1 Å². The summed E-state index contributed by atoms with van der Waals surface area (Å²) in [5, 5.41) is 21.7. The van der Waals surface area contributed by atoms with Crippen molar-refractivity contribution in [2.75, 3.05) is 0 Å². The molecule has 0 aromatic rings. The van der Waals surface area contributed by atoms with Crippen LogP contribution in [0.25, 0.3) is 0 Å². The molecule has 1 aliphatic carbocycles. The first-order valence-corrected chi connectivity index (χ1v) is 4.47.